The molecule has 0 spiro atoms. The minimum atomic E-state index is -0.130. The van der Waals surface area contributed by atoms with E-state index in [2.05, 4.69) is 49.3 Å². The second-order valence-electron chi connectivity index (χ2n) is 12.1. The number of morpholine rings is 2. The van der Waals surface area contributed by atoms with Gasteiger partial charge in [0.1, 0.15) is 5.82 Å². The van der Waals surface area contributed by atoms with Crippen LogP contribution < -0.4 is 15.1 Å². The zero-order chi connectivity index (χ0) is 29.7. The molecule has 4 aromatic rings. The number of amides is 1. The summed E-state index contributed by atoms with van der Waals surface area (Å²) >= 11 is 0. The van der Waals surface area contributed by atoms with E-state index in [4.69, 9.17) is 14.5 Å². The molecule has 0 bridgehead atoms. The van der Waals surface area contributed by atoms with Gasteiger partial charge in [-0.15, -0.1) is 0 Å². The minimum Gasteiger partial charge on any atom is -0.379 e. The van der Waals surface area contributed by atoms with Gasteiger partial charge < -0.3 is 29.6 Å². The molecule has 4 heterocycles. The molecule has 1 aromatic heterocycles. The van der Waals surface area contributed by atoms with Crippen LogP contribution in [-0.4, -0.2) is 93.0 Å². The number of anilines is 3. The first-order chi connectivity index (χ1) is 21.7. The van der Waals surface area contributed by atoms with E-state index in [-0.39, 0.29) is 5.91 Å². The molecule has 44 heavy (non-hydrogen) atoms. The van der Waals surface area contributed by atoms with Crippen LogP contribution >= 0.6 is 0 Å². The van der Waals surface area contributed by atoms with Crippen LogP contribution in [0.2, 0.25) is 0 Å². The number of piperidine rings is 1. The van der Waals surface area contributed by atoms with E-state index in [1.807, 2.05) is 42.5 Å². The van der Waals surface area contributed by atoms with Crippen LogP contribution in [0.1, 0.15) is 29.6 Å². The van der Waals surface area contributed by atoms with Crippen LogP contribution in [0.5, 0.6) is 0 Å². The summed E-state index contributed by atoms with van der Waals surface area (Å²) in [4.78, 5) is 28.6. The number of hydrogen-bond acceptors (Lipinski definition) is 7. The van der Waals surface area contributed by atoms with E-state index in [0.717, 1.165) is 105 Å². The van der Waals surface area contributed by atoms with Crippen LogP contribution in [0.4, 0.5) is 17.1 Å². The Kier molecular flexibility index (Phi) is 8.77. The Morgan fingerprint density at radius 2 is 1.43 bits per heavy atom. The van der Waals surface area contributed by atoms with Gasteiger partial charge in [0.05, 0.1) is 37.5 Å². The average molecular weight is 595 g/mol. The minimum absolute atomic E-state index is 0.130. The molecular formula is C35H42N6O3. The third-order valence-corrected chi connectivity index (χ3v) is 9.32. The lowest BCUT2D eigenvalue weighted by atomic mass is 9.93. The van der Waals surface area contributed by atoms with Gasteiger partial charge >= 0.3 is 0 Å². The quantitative estimate of drug-likeness (QED) is 0.288. The number of benzene rings is 3. The van der Waals surface area contributed by atoms with Crippen molar-refractivity contribution in [3.63, 3.8) is 0 Å². The zero-order valence-corrected chi connectivity index (χ0v) is 25.3. The maximum absolute atomic E-state index is 13.0. The molecule has 0 aliphatic carbocycles. The van der Waals surface area contributed by atoms with E-state index >= 15 is 0 Å². The van der Waals surface area contributed by atoms with Crippen molar-refractivity contribution in [2.45, 2.75) is 19.3 Å². The Morgan fingerprint density at radius 3 is 2.14 bits per heavy atom. The standard InChI is InChI=1S/C35H42N6O3/c42-35(28-3-8-31(9-4-28)41-19-23-44-24-20-41)36-29-5-10-32-33(25-29)38-34(37-32)27-1-6-30(7-2-27)40-15-12-26(13-16-40)11-14-39-17-21-43-22-18-39/h1-10,25-26H,11-24H2,(H,36,42)(H,37,38). The first-order valence-corrected chi connectivity index (χ1v) is 16.1. The molecule has 9 heteroatoms. The van der Waals surface area contributed by atoms with E-state index in [1.165, 1.54) is 31.5 Å². The molecule has 2 N–H and O–H groups in total. The van der Waals surface area contributed by atoms with Crippen LogP contribution in [0.15, 0.2) is 66.7 Å². The molecule has 3 aromatic carbocycles. The monoisotopic (exact) mass is 594 g/mol. The maximum Gasteiger partial charge on any atom is 0.255 e. The first-order valence-electron chi connectivity index (χ1n) is 16.1. The van der Waals surface area contributed by atoms with Gasteiger partial charge in [0, 0.05) is 67.5 Å². The first kappa shape index (κ1) is 28.8. The molecule has 3 fully saturated rings. The Bertz CT molecular complexity index is 1530. The van der Waals surface area contributed by atoms with Gasteiger partial charge in [0.25, 0.3) is 5.91 Å². The topological polar surface area (TPSA) is 86.0 Å². The van der Waals surface area contributed by atoms with Gasteiger partial charge in [-0.1, -0.05) is 0 Å². The Morgan fingerprint density at radius 1 is 0.795 bits per heavy atom. The number of ether oxygens (including phenoxy) is 2. The normalized spacial score (nSPS) is 18.5. The van der Waals surface area contributed by atoms with Crippen molar-refractivity contribution < 1.29 is 14.3 Å². The molecular weight excluding hydrogens is 552 g/mol. The highest BCUT2D eigenvalue weighted by molar-refractivity contribution is 6.05. The number of hydrogen-bond donors (Lipinski definition) is 2. The van der Waals surface area contributed by atoms with E-state index < -0.39 is 0 Å². The summed E-state index contributed by atoms with van der Waals surface area (Å²) in [6.45, 7) is 10.6. The van der Waals surface area contributed by atoms with Gasteiger partial charge in [-0.3, -0.25) is 9.69 Å². The van der Waals surface area contributed by atoms with Crippen LogP contribution in [0, 0.1) is 5.92 Å². The van der Waals surface area contributed by atoms with Crippen molar-refractivity contribution in [3.8, 4) is 11.4 Å². The SMILES string of the molecule is O=C(Nc1ccc2nc(-c3ccc(N4CCC(CCN5CCOCC5)CC4)cc3)[nH]c2c1)c1ccc(N2CCOCC2)cc1. The van der Waals surface area contributed by atoms with Crippen molar-refractivity contribution in [1.29, 1.82) is 0 Å². The summed E-state index contributed by atoms with van der Waals surface area (Å²) in [5, 5.41) is 3.04. The molecule has 9 nitrogen and oxygen atoms in total. The smallest absolute Gasteiger partial charge is 0.255 e. The van der Waals surface area contributed by atoms with Gasteiger partial charge in [-0.2, -0.15) is 0 Å². The number of imidazole rings is 1. The fourth-order valence-electron chi connectivity index (χ4n) is 6.57. The molecule has 1 amide bonds. The largest absolute Gasteiger partial charge is 0.379 e. The molecule has 0 atom stereocenters. The number of H-pyrrole nitrogens is 1. The fraction of sp³-hybridized carbons (Fsp3) is 0.429. The highest BCUT2D eigenvalue weighted by atomic mass is 16.5. The summed E-state index contributed by atoms with van der Waals surface area (Å²) in [5.74, 6) is 1.52. The number of aromatic amines is 1. The van der Waals surface area contributed by atoms with Crippen molar-refractivity contribution in [2.24, 2.45) is 5.92 Å². The average Bonchev–Trinajstić information content (AvgIpc) is 3.52. The summed E-state index contributed by atoms with van der Waals surface area (Å²) in [5.41, 5.74) is 6.57. The number of nitrogens with one attached hydrogen (secondary N) is 2. The number of fused-ring (bicyclic) bond motifs is 1. The predicted octanol–water partition coefficient (Wildman–Crippen LogP) is 5.26. The van der Waals surface area contributed by atoms with Gasteiger partial charge in [-0.05, 0) is 98.5 Å². The molecule has 0 radical (unpaired) electrons. The Hall–Kier alpha value is -3.92. The summed E-state index contributed by atoms with van der Waals surface area (Å²) in [6, 6.07) is 22.3. The molecule has 3 saturated heterocycles. The second-order valence-corrected chi connectivity index (χ2v) is 12.1. The molecule has 0 saturated carbocycles. The molecule has 0 unspecified atom stereocenters. The Labute approximate surface area is 259 Å². The maximum atomic E-state index is 13.0. The lowest BCUT2D eigenvalue weighted by Crippen LogP contribution is -2.39. The van der Waals surface area contributed by atoms with E-state index in [0.29, 0.717) is 5.56 Å². The number of nitrogens with zero attached hydrogens (tertiary/aromatic N) is 4. The number of aromatic nitrogens is 2. The third kappa shape index (κ3) is 6.75. The van der Waals surface area contributed by atoms with Crippen LogP contribution in [0.3, 0.4) is 0 Å². The number of carbonyl (C=O) groups excluding carboxylic acids is 1. The van der Waals surface area contributed by atoms with Crippen molar-refractivity contribution in [2.75, 3.05) is 87.4 Å². The Balaban J connectivity index is 0.938. The summed E-state index contributed by atoms with van der Waals surface area (Å²) in [7, 11) is 0. The molecule has 7 rings (SSSR count). The predicted molar refractivity (Wildman–Crippen MR) is 176 cm³/mol. The van der Waals surface area contributed by atoms with Gasteiger partial charge in [-0.25, -0.2) is 4.98 Å². The van der Waals surface area contributed by atoms with E-state index in [9.17, 15) is 4.79 Å². The zero-order valence-electron chi connectivity index (χ0n) is 25.3. The highest BCUT2D eigenvalue weighted by Gasteiger charge is 2.21. The third-order valence-electron chi connectivity index (χ3n) is 9.32. The summed E-state index contributed by atoms with van der Waals surface area (Å²) in [6.07, 6.45) is 3.81. The lowest BCUT2D eigenvalue weighted by molar-refractivity contribution is 0.0349. The van der Waals surface area contributed by atoms with Gasteiger partial charge in [0.15, 0.2) is 0 Å². The molecule has 230 valence electrons. The second kappa shape index (κ2) is 13.4. The number of carbonyl (C=O) groups is 1. The molecule has 3 aliphatic heterocycles. The molecule has 3 aliphatic rings. The van der Waals surface area contributed by atoms with Crippen molar-refractivity contribution >= 4 is 34.0 Å². The lowest BCUT2D eigenvalue weighted by Gasteiger charge is -2.35. The summed E-state index contributed by atoms with van der Waals surface area (Å²) < 4.78 is 10.9. The van der Waals surface area contributed by atoms with E-state index in [1.54, 1.807) is 0 Å². The van der Waals surface area contributed by atoms with Crippen LogP contribution in [0.25, 0.3) is 22.4 Å². The number of rotatable bonds is 8. The van der Waals surface area contributed by atoms with Crippen molar-refractivity contribution in [3.05, 3.63) is 72.3 Å². The van der Waals surface area contributed by atoms with Gasteiger partial charge in [0.2, 0.25) is 0 Å². The highest BCUT2D eigenvalue weighted by Crippen LogP contribution is 2.29. The van der Waals surface area contributed by atoms with Crippen molar-refractivity contribution in [1.82, 2.24) is 14.9 Å². The fourth-order valence-corrected chi connectivity index (χ4v) is 6.57. The van der Waals surface area contributed by atoms with Crippen LogP contribution in [-0.2, 0) is 9.47 Å².